The van der Waals surface area contributed by atoms with Gasteiger partial charge < -0.3 is 5.32 Å². The van der Waals surface area contributed by atoms with Gasteiger partial charge in [-0.15, -0.1) is 0 Å². The molecule has 0 rings (SSSR count). The van der Waals surface area contributed by atoms with Crippen LogP contribution in [0.15, 0.2) is 12.7 Å². The Morgan fingerprint density at radius 2 is 2.25 bits per heavy atom. The van der Waals surface area contributed by atoms with Crippen LogP contribution in [0.5, 0.6) is 0 Å². The zero-order valence-electron chi connectivity index (χ0n) is 7.64. The van der Waals surface area contributed by atoms with Gasteiger partial charge in [0.25, 0.3) is 0 Å². The van der Waals surface area contributed by atoms with Gasteiger partial charge in [0.05, 0.1) is 0 Å². The summed E-state index contributed by atoms with van der Waals surface area (Å²) in [4.78, 5) is 10.7. The minimum atomic E-state index is -0.0696. The summed E-state index contributed by atoms with van der Waals surface area (Å²) in [7, 11) is 0. The maximum absolute atomic E-state index is 10.7. The molecule has 0 radical (unpaired) electrons. The highest BCUT2D eigenvalue weighted by molar-refractivity contribution is 7.98. The molecule has 2 nitrogen and oxygen atoms in total. The van der Waals surface area contributed by atoms with Crippen LogP contribution in [0.3, 0.4) is 0 Å². The molecular formula is C9H17NOS. The number of rotatable bonds is 7. The quantitative estimate of drug-likeness (QED) is 0.486. The van der Waals surface area contributed by atoms with E-state index in [9.17, 15) is 4.79 Å². The van der Waals surface area contributed by atoms with Gasteiger partial charge in [0.1, 0.15) is 0 Å². The Labute approximate surface area is 78.8 Å². The Bertz CT molecular complexity index is 136. The molecular weight excluding hydrogens is 170 g/mol. The molecule has 0 aromatic heterocycles. The van der Waals surface area contributed by atoms with Crippen LogP contribution in [0.1, 0.15) is 19.3 Å². The molecule has 0 aliphatic carbocycles. The van der Waals surface area contributed by atoms with Crippen molar-refractivity contribution in [2.75, 3.05) is 18.6 Å². The van der Waals surface area contributed by atoms with Crippen molar-refractivity contribution in [1.82, 2.24) is 5.32 Å². The lowest BCUT2D eigenvalue weighted by Gasteiger charge is -2.00. The number of carbonyl (C=O) groups excluding carboxylic acids is 1. The Hall–Kier alpha value is -0.440. The summed E-state index contributed by atoms with van der Waals surface area (Å²) in [5.41, 5.74) is 0. The van der Waals surface area contributed by atoms with Gasteiger partial charge in [0.2, 0.25) is 5.91 Å². The van der Waals surface area contributed by atoms with Crippen molar-refractivity contribution >= 4 is 17.7 Å². The van der Waals surface area contributed by atoms with E-state index in [4.69, 9.17) is 0 Å². The van der Waals surface area contributed by atoms with E-state index >= 15 is 0 Å². The van der Waals surface area contributed by atoms with Crippen molar-refractivity contribution < 1.29 is 4.79 Å². The lowest BCUT2D eigenvalue weighted by Crippen LogP contribution is -2.21. The molecule has 0 saturated heterocycles. The summed E-state index contributed by atoms with van der Waals surface area (Å²) in [6.07, 6.45) is 6.92. The number of amides is 1. The number of unbranched alkanes of at least 4 members (excludes halogenated alkanes) is 2. The van der Waals surface area contributed by atoms with E-state index < -0.39 is 0 Å². The van der Waals surface area contributed by atoms with Gasteiger partial charge in [-0.2, -0.15) is 11.8 Å². The first-order chi connectivity index (χ1) is 5.81. The predicted molar refractivity (Wildman–Crippen MR) is 55.4 cm³/mol. The average Bonchev–Trinajstić information content (AvgIpc) is 2.10. The van der Waals surface area contributed by atoms with Crippen LogP contribution in [-0.4, -0.2) is 24.5 Å². The zero-order chi connectivity index (χ0) is 9.23. The smallest absolute Gasteiger partial charge is 0.243 e. The third-order valence-electron chi connectivity index (χ3n) is 1.51. The van der Waals surface area contributed by atoms with Crippen molar-refractivity contribution in [3.8, 4) is 0 Å². The van der Waals surface area contributed by atoms with Crippen LogP contribution in [0.4, 0.5) is 0 Å². The summed E-state index contributed by atoms with van der Waals surface area (Å²) in [6.45, 7) is 4.15. The standard InChI is InChI=1S/C9H17NOS/c1-3-9(11)10-7-5-4-6-8-12-2/h3H,1,4-8H2,2H3,(H,10,11). The molecule has 0 bridgehead atoms. The Morgan fingerprint density at radius 1 is 1.50 bits per heavy atom. The van der Waals surface area contributed by atoms with Crippen LogP contribution in [0, 0.1) is 0 Å². The lowest BCUT2D eigenvalue weighted by molar-refractivity contribution is -0.116. The molecule has 70 valence electrons. The Balaban J connectivity index is 3.00. The molecule has 0 aromatic rings. The van der Waals surface area contributed by atoms with Crippen LogP contribution in [-0.2, 0) is 4.79 Å². The van der Waals surface area contributed by atoms with Crippen molar-refractivity contribution in [3.63, 3.8) is 0 Å². The highest BCUT2D eigenvalue weighted by Crippen LogP contribution is 2.00. The monoisotopic (exact) mass is 187 g/mol. The summed E-state index contributed by atoms with van der Waals surface area (Å²) >= 11 is 1.87. The topological polar surface area (TPSA) is 29.1 Å². The van der Waals surface area contributed by atoms with Crippen molar-refractivity contribution in [3.05, 3.63) is 12.7 Å². The van der Waals surface area contributed by atoms with Gasteiger partial charge in [0.15, 0.2) is 0 Å². The predicted octanol–water partition coefficient (Wildman–Crippen LogP) is 1.82. The fourth-order valence-electron chi connectivity index (χ4n) is 0.832. The molecule has 0 atom stereocenters. The van der Waals surface area contributed by atoms with Crippen molar-refractivity contribution in [2.45, 2.75) is 19.3 Å². The number of carbonyl (C=O) groups is 1. The first kappa shape index (κ1) is 11.6. The maximum atomic E-state index is 10.7. The van der Waals surface area contributed by atoms with Gasteiger partial charge in [-0.3, -0.25) is 4.79 Å². The van der Waals surface area contributed by atoms with E-state index in [-0.39, 0.29) is 5.91 Å². The van der Waals surface area contributed by atoms with E-state index in [0.29, 0.717) is 0 Å². The fourth-order valence-corrected chi connectivity index (χ4v) is 1.32. The highest BCUT2D eigenvalue weighted by Gasteiger charge is 1.92. The number of hydrogen-bond donors (Lipinski definition) is 1. The first-order valence-electron chi connectivity index (χ1n) is 4.20. The highest BCUT2D eigenvalue weighted by atomic mass is 32.2. The van der Waals surface area contributed by atoms with Crippen LogP contribution >= 0.6 is 11.8 Å². The van der Waals surface area contributed by atoms with Crippen LogP contribution in [0.2, 0.25) is 0 Å². The molecule has 0 saturated carbocycles. The molecule has 12 heavy (non-hydrogen) atoms. The maximum Gasteiger partial charge on any atom is 0.243 e. The van der Waals surface area contributed by atoms with Gasteiger partial charge in [-0.1, -0.05) is 13.0 Å². The largest absolute Gasteiger partial charge is 0.353 e. The fraction of sp³-hybridized carbons (Fsp3) is 0.667. The summed E-state index contributed by atoms with van der Waals surface area (Å²) in [6, 6.07) is 0. The molecule has 0 unspecified atom stereocenters. The number of thioether (sulfide) groups is 1. The van der Waals surface area contributed by atoms with Crippen LogP contribution < -0.4 is 5.32 Å². The third-order valence-corrected chi connectivity index (χ3v) is 2.21. The van der Waals surface area contributed by atoms with Crippen molar-refractivity contribution in [1.29, 1.82) is 0 Å². The van der Waals surface area contributed by atoms with Gasteiger partial charge >= 0.3 is 0 Å². The molecule has 3 heteroatoms. The molecule has 0 aliphatic rings. The molecule has 0 aromatic carbocycles. The van der Waals surface area contributed by atoms with Gasteiger partial charge in [-0.25, -0.2) is 0 Å². The van der Waals surface area contributed by atoms with E-state index in [0.717, 1.165) is 13.0 Å². The normalized spacial score (nSPS) is 9.42. The summed E-state index contributed by atoms with van der Waals surface area (Å²) in [5, 5.41) is 2.75. The second kappa shape index (κ2) is 8.65. The third kappa shape index (κ3) is 7.66. The molecule has 0 spiro atoms. The summed E-state index contributed by atoms with van der Waals surface area (Å²) < 4.78 is 0. The Morgan fingerprint density at radius 3 is 2.83 bits per heavy atom. The molecule has 0 aliphatic heterocycles. The number of nitrogens with one attached hydrogen (secondary N) is 1. The Kier molecular flexibility index (Phi) is 8.34. The molecule has 1 amide bonds. The average molecular weight is 187 g/mol. The first-order valence-corrected chi connectivity index (χ1v) is 5.60. The minimum Gasteiger partial charge on any atom is -0.353 e. The minimum absolute atomic E-state index is 0.0696. The van der Waals surface area contributed by atoms with E-state index in [1.807, 2.05) is 11.8 Å². The zero-order valence-corrected chi connectivity index (χ0v) is 8.45. The molecule has 0 fully saturated rings. The summed E-state index contributed by atoms with van der Waals surface area (Å²) in [5.74, 6) is 1.15. The molecule has 1 N–H and O–H groups in total. The lowest BCUT2D eigenvalue weighted by atomic mass is 10.2. The van der Waals surface area contributed by atoms with Gasteiger partial charge in [0, 0.05) is 6.54 Å². The SMILES string of the molecule is C=CC(=O)NCCCCCSC. The second-order valence-electron chi connectivity index (χ2n) is 2.55. The molecule has 0 heterocycles. The van der Waals surface area contributed by atoms with E-state index in [1.165, 1.54) is 24.7 Å². The second-order valence-corrected chi connectivity index (χ2v) is 3.53. The van der Waals surface area contributed by atoms with Crippen LogP contribution in [0.25, 0.3) is 0 Å². The van der Waals surface area contributed by atoms with E-state index in [1.54, 1.807) is 0 Å². The van der Waals surface area contributed by atoms with E-state index in [2.05, 4.69) is 18.2 Å². The van der Waals surface area contributed by atoms with Crippen molar-refractivity contribution in [2.24, 2.45) is 0 Å². The van der Waals surface area contributed by atoms with Gasteiger partial charge in [-0.05, 0) is 30.9 Å². The number of hydrogen-bond acceptors (Lipinski definition) is 2.